The lowest BCUT2D eigenvalue weighted by molar-refractivity contribution is -0.142. The highest BCUT2D eigenvalue weighted by Crippen LogP contribution is 1.99. The van der Waals surface area contributed by atoms with Gasteiger partial charge in [0.15, 0.2) is 0 Å². The lowest BCUT2D eigenvalue weighted by Gasteiger charge is -2.25. The summed E-state index contributed by atoms with van der Waals surface area (Å²) in [5, 5.41) is 94.6. The van der Waals surface area contributed by atoms with Crippen LogP contribution in [0.25, 0.3) is 0 Å². The second kappa shape index (κ2) is 28.4. The van der Waals surface area contributed by atoms with E-state index in [0.717, 1.165) is 13.8 Å². The summed E-state index contributed by atoms with van der Waals surface area (Å²) < 4.78 is 0. The predicted molar refractivity (Wildman–Crippen MR) is 202 cm³/mol. The highest BCUT2D eigenvalue weighted by Gasteiger charge is 2.34. The number of rotatable bonds is 29. The third-order valence-electron chi connectivity index (χ3n) is 8.23. The van der Waals surface area contributed by atoms with Crippen LogP contribution in [0.5, 0.6) is 0 Å². The Morgan fingerprint density at radius 2 is 0.613 bits per heavy atom. The van der Waals surface area contributed by atoms with Gasteiger partial charge in [-0.2, -0.15) is 0 Å². The minimum Gasteiger partial charge on any atom is -0.480 e. The van der Waals surface area contributed by atoms with Gasteiger partial charge in [-0.3, -0.25) is 52.7 Å². The molecule has 0 aliphatic carbocycles. The van der Waals surface area contributed by atoms with E-state index >= 15 is 0 Å². The Bertz CT molecular complexity index is 1600. The monoisotopic (exact) mass is 897 g/mol. The molecule has 21 N–H and O–H groups in total. The zero-order valence-corrected chi connectivity index (χ0v) is 33.4. The van der Waals surface area contributed by atoms with E-state index in [1.54, 1.807) is 0 Å². The lowest BCUT2D eigenvalue weighted by Crippen LogP contribution is -2.62. The lowest BCUT2D eigenvalue weighted by atomic mass is 10.1. The van der Waals surface area contributed by atoms with Crippen molar-refractivity contribution < 1.29 is 93.6 Å². The van der Waals surface area contributed by atoms with Gasteiger partial charge >= 0.3 is 5.97 Å². The Labute approximate surface area is 351 Å². The zero-order valence-electron chi connectivity index (χ0n) is 33.4. The minimum atomic E-state index is -1.94. The summed E-state index contributed by atoms with van der Waals surface area (Å²) in [7, 11) is 0. The van der Waals surface area contributed by atoms with Crippen LogP contribution in [0.2, 0.25) is 0 Å². The topological polar surface area (TPSA) is 510 Å². The molecule has 0 saturated heterocycles. The minimum absolute atomic E-state index is 0.192. The first-order valence-electron chi connectivity index (χ1n) is 18.3. The number of aliphatic hydroxyl groups is 7. The smallest absolute Gasteiger partial charge is 0.325 e. The average Bonchev–Trinajstić information content (AvgIpc) is 3.23. The third-order valence-corrected chi connectivity index (χ3v) is 8.23. The van der Waals surface area contributed by atoms with Crippen molar-refractivity contribution in [1.29, 1.82) is 0 Å². The van der Waals surface area contributed by atoms with Crippen molar-refractivity contribution in [2.45, 2.75) is 87.1 Å². The maximum Gasteiger partial charge on any atom is 0.325 e. The van der Waals surface area contributed by atoms with E-state index in [9.17, 15) is 88.5 Å². The summed E-state index contributed by atoms with van der Waals surface area (Å²) in [6.07, 6.45) is -0.453. The molecule has 30 nitrogen and oxygen atoms in total. The Kier molecular flexibility index (Phi) is 25.6. The largest absolute Gasteiger partial charge is 0.480 e. The summed E-state index contributed by atoms with van der Waals surface area (Å²) in [6.45, 7) is -5.59. The van der Waals surface area contributed by atoms with Crippen molar-refractivity contribution in [3.8, 4) is 0 Å². The van der Waals surface area contributed by atoms with Crippen molar-refractivity contribution in [3.63, 3.8) is 0 Å². The van der Waals surface area contributed by atoms with Crippen LogP contribution >= 0.6 is 0 Å². The van der Waals surface area contributed by atoms with Crippen LogP contribution in [-0.4, -0.2) is 213 Å². The van der Waals surface area contributed by atoms with Gasteiger partial charge in [0.2, 0.25) is 59.1 Å². The molecular formula is C32H55N11O19. The molecule has 0 aromatic carbocycles. The van der Waals surface area contributed by atoms with Gasteiger partial charge in [-0.25, -0.2) is 0 Å². The average molecular weight is 898 g/mol. The van der Waals surface area contributed by atoms with E-state index in [-0.39, 0.29) is 12.8 Å². The number of aliphatic carboxylic acids is 1. The molecule has 0 rings (SSSR count). The molecular weight excluding hydrogens is 842 g/mol. The number of carbonyl (C=O) groups is 11. The summed E-state index contributed by atoms with van der Waals surface area (Å²) in [4.78, 5) is 136. The molecule has 62 heavy (non-hydrogen) atoms. The van der Waals surface area contributed by atoms with E-state index in [2.05, 4.69) is 10.6 Å². The van der Waals surface area contributed by atoms with E-state index < -0.39 is 172 Å². The van der Waals surface area contributed by atoms with Gasteiger partial charge in [0.25, 0.3) is 0 Å². The van der Waals surface area contributed by atoms with Crippen LogP contribution < -0.4 is 59.3 Å². The fourth-order valence-electron chi connectivity index (χ4n) is 4.48. The predicted octanol–water partition coefficient (Wildman–Crippen LogP) is -13.0. The van der Waals surface area contributed by atoms with Gasteiger partial charge in [-0.1, -0.05) is 0 Å². The fraction of sp³-hybridized carbons (Fsp3) is 0.656. The molecule has 0 aromatic heterocycles. The number of nitrogens with two attached hydrogens (primary N) is 2. The first-order chi connectivity index (χ1) is 29.0. The highest BCUT2D eigenvalue weighted by molar-refractivity contribution is 5.98. The molecule has 10 amide bonds. The van der Waals surface area contributed by atoms with Gasteiger partial charge in [0, 0.05) is 6.42 Å². The first-order valence-corrected chi connectivity index (χ1v) is 18.3. The number of carbonyl (C=O) groups excluding carboxylic acids is 10. The molecule has 10 atom stereocenters. The number of hydrogen-bond acceptors (Lipinski definition) is 19. The number of nitrogens with one attached hydrogen (secondary N) is 9. The molecule has 0 aliphatic rings. The molecule has 0 heterocycles. The summed E-state index contributed by atoms with van der Waals surface area (Å²) in [5.74, 6) is -13.1. The van der Waals surface area contributed by atoms with Crippen molar-refractivity contribution >= 4 is 65.0 Å². The van der Waals surface area contributed by atoms with Crippen LogP contribution in [0.15, 0.2) is 0 Å². The maximum absolute atomic E-state index is 12.9. The molecule has 30 heteroatoms. The molecule has 0 bridgehead atoms. The molecule has 0 unspecified atom stereocenters. The van der Waals surface area contributed by atoms with Crippen LogP contribution in [0, 0.1) is 0 Å². The van der Waals surface area contributed by atoms with Crippen LogP contribution in [0.1, 0.15) is 26.7 Å². The Morgan fingerprint density at radius 3 is 0.855 bits per heavy atom. The molecule has 0 radical (unpaired) electrons. The normalized spacial score (nSPS) is 15.7. The second-order valence-electron chi connectivity index (χ2n) is 13.1. The molecule has 0 saturated carbocycles. The van der Waals surface area contributed by atoms with Gasteiger partial charge in [0.1, 0.15) is 54.4 Å². The van der Waals surface area contributed by atoms with E-state index in [1.165, 1.54) is 0 Å². The maximum atomic E-state index is 12.9. The van der Waals surface area contributed by atoms with Gasteiger partial charge in [0.05, 0.1) is 52.3 Å². The van der Waals surface area contributed by atoms with Crippen molar-refractivity contribution in [3.05, 3.63) is 0 Å². The number of aliphatic hydroxyl groups excluding tert-OH is 7. The summed E-state index contributed by atoms with van der Waals surface area (Å²) >= 11 is 0. The molecule has 0 aromatic rings. The number of carboxylic acid groups (broad SMARTS) is 1. The molecule has 0 aliphatic heterocycles. The SMILES string of the molecule is C[C@H](NC(=O)[C@H](CO)NC(=O)[C@H](CO)NC(=O)[C@H](CO)NC(=O)[C@H](CO)NC(=O)[C@H](CO)NC(=O)[C@H](C)NC(=O)[C@H](CO)NC(=O)[C@H](CO)NC(=O)[C@@H](N)CCC(N)=O)C(=O)O. The fourth-order valence-corrected chi connectivity index (χ4v) is 4.48. The highest BCUT2D eigenvalue weighted by atomic mass is 16.4. The number of amides is 10. The number of primary amides is 1. The summed E-state index contributed by atoms with van der Waals surface area (Å²) in [5.41, 5.74) is 10.6. The first kappa shape index (κ1) is 55.8. The second-order valence-corrected chi connectivity index (χ2v) is 13.1. The van der Waals surface area contributed by atoms with Gasteiger partial charge in [-0.05, 0) is 20.3 Å². The number of hydrogen-bond donors (Lipinski definition) is 19. The molecule has 352 valence electrons. The van der Waals surface area contributed by atoms with Gasteiger partial charge < -0.3 is 100 Å². The number of carboxylic acids is 1. The van der Waals surface area contributed by atoms with Gasteiger partial charge in [-0.15, -0.1) is 0 Å². The Balaban J connectivity index is 5.46. The molecule has 0 fully saturated rings. The zero-order chi connectivity index (χ0) is 47.9. The quantitative estimate of drug-likeness (QED) is 0.0331. The Hall–Kier alpha value is -6.15. The van der Waals surface area contributed by atoms with E-state index in [4.69, 9.17) is 16.6 Å². The molecule has 0 spiro atoms. The Morgan fingerprint density at radius 1 is 0.387 bits per heavy atom. The third kappa shape index (κ3) is 19.1. The van der Waals surface area contributed by atoms with E-state index in [0.29, 0.717) is 0 Å². The van der Waals surface area contributed by atoms with Crippen molar-refractivity contribution in [2.24, 2.45) is 11.5 Å². The van der Waals surface area contributed by atoms with Crippen molar-refractivity contribution in [1.82, 2.24) is 47.9 Å². The van der Waals surface area contributed by atoms with E-state index in [1.807, 2.05) is 37.2 Å². The summed E-state index contributed by atoms with van der Waals surface area (Å²) in [6, 6.07) is -17.1. The van der Waals surface area contributed by atoms with Crippen LogP contribution in [0.4, 0.5) is 0 Å². The standard InChI is InChI=1S/C32H55N11O19/c1-12(35-25(54)15(5-44)39-28(57)18(8-47)38-24(53)14(33)3-4-22(34)51)23(52)37-17(7-46)27(56)41-20(10-49)30(59)43-21(11-50)31(60)42-19(9-48)29(58)40-16(6-45)26(55)36-13(2)32(61)62/h12-21,44-50H,3-11,33H2,1-2H3,(H2,34,51)(H,35,54)(H,36,55)(H,37,52)(H,38,53)(H,39,57)(H,40,58)(H,41,56)(H,42,60)(H,43,59)(H,61,62)/t12-,13-,14-,15-,16-,17-,18-,19-,20-,21-/m0/s1. The van der Waals surface area contributed by atoms with Crippen molar-refractivity contribution in [2.75, 3.05) is 46.2 Å². The van der Waals surface area contributed by atoms with Crippen LogP contribution in [-0.2, 0) is 52.7 Å². The van der Waals surface area contributed by atoms with Crippen LogP contribution in [0.3, 0.4) is 0 Å².